The summed E-state index contributed by atoms with van der Waals surface area (Å²) in [5, 5.41) is 15.1. The number of carbonyl (C=O) groups is 2. The first-order valence-electron chi connectivity index (χ1n) is 5.85. The predicted octanol–water partition coefficient (Wildman–Crippen LogP) is 2.47. The molecule has 1 aromatic heterocycles. The molecule has 0 aliphatic carbocycles. The molecule has 104 valence electrons. The Bertz CT molecular complexity index is 639. The Hall–Kier alpha value is -2.41. The zero-order chi connectivity index (χ0) is 14.5. The molecule has 7 heteroatoms. The van der Waals surface area contributed by atoms with E-state index in [0.29, 0.717) is 6.54 Å². The van der Waals surface area contributed by atoms with Gasteiger partial charge in [0.15, 0.2) is 0 Å². The van der Waals surface area contributed by atoms with Crippen molar-refractivity contribution in [3.63, 3.8) is 0 Å². The first kappa shape index (κ1) is 14.0. The van der Waals surface area contributed by atoms with Crippen LogP contribution in [0.2, 0.25) is 0 Å². The second-order valence-corrected chi connectivity index (χ2v) is 5.32. The molecule has 1 heterocycles. The van der Waals surface area contributed by atoms with E-state index in [1.165, 1.54) is 17.4 Å². The Kier molecular flexibility index (Phi) is 4.31. The third-order valence-corrected chi connectivity index (χ3v) is 3.41. The van der Waals surface area contributed by atoms with E-state index in [2.05, 4.69) is 15.6 Å². The van der Waals surface area contributed by atoms with Gasteiger partial charge in [-0.25, -0.2) is 14.6 Å². The average Bonchev–Trinajstić information content (AvgIpc) is 2.83. The second-order valence-electron chi connectivity index (χ2n) is 4.00. The van der Waals surface area contributed by atoms with Gasteiger partial charge in [0.25, 0.3) is 0 Å². The SMILES string of the molecule is Cc1ncc(CNC(=O)Nc2ccccc2C(=O)O)s1. The highest BCUT2D eigenvalue weighted by molar-refractivity contribution is 7.11. The lowest BCUT2D eigenvalue weighted by molar-refractivity contribution is 0.0698. The molecule has 0 saturated heterocycles. The molecule has 6 nitrogen and oxygen atoms in total. The lowest BCUT2D eigenvalue weighted by Gasteiger charge is -2.08. The molecule has 0 atom stereocenters. The quantitative estimate of drug-likeness (QED) is 0.807. The van der Waals surface area contributed by atoms with Crippen LogP contribution in [-0.4, -0.2) is 22.1 Å². The van der Waals surface area contributed by atoms with Crippen LogP contribution in [0.25, 0.3) is 0 Å². The normalized spacial score (nSPS) is 10.1. The Morgan fingerprint density at radius 3 is 2.75 bits per heavy atom. The minimum atomic E-state index is -1.08. The van der Waals surface area contributed by atoms with Gasteiger partial charge in [0.1, 0.15) is 0 Å². The molecule has 0 fully saturated rings. The zero-order valence-corrected chi connectivity index (χ0v) is 11.5. The summed E-state index contributed by atoms with van der Waals surface area (Å²) in [6.45, 7) is 2.24. The number of hydrogen-bond donors (Lipinski definition) is 3. The van der Waals surface area contributed by atoms with Crippen LogP contribution in [0, 0.1) is 6.92 Å². The summed E-state index contributed by atoms with van der Waals surface area (Å²) in [6, 6.07) is 5.79. The summed E-state index contributed by atoms with van der Waals surface area (Å²) in [5.41, 5.74) is 0.314. The molecule has 2 rings (SSSR count). The maximum atomic E-state index is 11.7. The van der Waals surface area contributed by atoms with Gasteiger partial charge < -0.3 is 15.7 Å². The van der Waals surface area contributed by atoms with Crippen molar-refractivity contribution in [1.29, 1.82) is 0 Å². The van der Waals surface area contributed by atoms with Crippen LogP contribution in [0.3, 0.4) is 0 Å². The number of carboxylic acids is 1. The van der Waals surface area contributed by atoms with Crippen molar-refractivity contribution < 1.29 is 14.7 Å². The molecule has 0 aliphatic rings. The first-order valence-corrected chi connectivity index (χ1v) is 6.66. The van der Waals surface area contributed by atoms with E-state index in [9.17, 15) is 9.59 Å². The number of benzene rings is 1. The molecule has 0 spiro atoms. The zero-order valence-electron chi connectivity index (χ0n) is 10.7. The van der Waals surface area contributed by atoms with E-state index >= 15 is 0 Å². The van der Waals surface area contributed by atoms with Crippen molar-refractivity contribution in [2.24, 2.45) is 0 Å². The Morgan fingerprint density at radius 1 is 1.35 bits per heavy atom. The van der Waals surface area contributed by atoms with Crippen LogP contribution in [0.5, 0.6) is 0 Å². The summed E-state index contributed by atoms with van der Waals surface area (Å²) in [4.78, 5) is 27.8. The number of urea groups is 1. The first-order chi connectivity index (χ1) is 9.56. The monoisotopic (exact) mass is 291 g/mol. The van der Waals surface area contributed by atoms with Gasteiger partial charge in [-0.3, -0.25) is 0 Å². The molecule has 0 aliphatic heterocycles. The maximum absolute atomic E-state index is 11.7. The molecule has 0 saturated carbocycles. The van der Waals surface area contributed by atoms with Crippen LogP contribution in [0.4, 0.5) is 10.5 Å². The summed E-state index contributed by atoms with van der Waals surface area (Å²) < 4.78 is 0. The lowest BCUT2D eigenvalue weighted by Crippen LogP contribution is -2.28. The number of thiazole rings is 1. The van der Waals surface area contributed by atoms with Gasteiger partial charge in [-0.1, -0.05) is 12.1 Å². The fourth-order valence-electron chi connectivity index (χ4n) is 1.60. The molecule has 0 unspecified atom stereocenters. The topological polar surface area (TPSA) is 91.3 Å². The molecule has 0 radical (unpaired) electrons. The van der Waals surface area contributed by atoms with E-state index in [1.54, 1.807) is 24.4 Å². The summed E-state index contributed by atoms with van der Waals surface area (Å²) in [6.07, 6.45) is 1.70. The van der Waals surface area contributed by atoms with Crippen molar-refractivity contribution in [3.05, 3.63) is 45.9 Å². The minimum absolute atomic E-state index is 0.0521. The third kappa shape index (κ3) is 3.55. The third-order valence-electron chi connectivity index (χ3n) is 2.50. The smallest absolute Gasteiger partial charge is 0.337 e. The van der Waals surface area contributed by atoms with Gasteiger partial charge >= 0.3 is 12.0 Å². The number of nitrogens with zero attached hydrogens (tertiary/aromatic N) is 1. The van der Waals surface area contributed by atoms with Gasteiger partial charge in [-0.15, -0.1) is 11.3 Å². The number of carboxylic acid groups (broad SMARTS) is 1. The fraction of sp³-hybridized carbons (Fsp3) is 0.154. The van der Waals surface area contributed by atoms with Gasteiger partial charge in [-0.05, 0) is 19.1 Å². The van der Waals surface area contributed by atoms with E-state index in [-0.39, 0.29) is 11.3 Å². The Labute approximate surface area is 119 Å². The number of amides is 2. The van der Waals surface area contributed by atoms with E-state index in [4.69, 9.17) is 5.11 Å². The number of rotatable bonds is 4. The molecule has 3 N–H and O–H groups in total. The number of carbonyl (C=O) groups excluding carboxylic acids is 1. The van der Waals surface area contributed by atoms with Crippen molar-refractivity contribution in [2.75, 3.05) is 5.32 Å². The van der Waals surface area contributed by atoms with Crippen LogP contribution in [0.15, 0.2) is 30.5 Å². The standard InChI is InChI=1S/C13H13N3O3S/c1-8-14-6-9(20-8)7-15-13(19)16-11-5-3-2-4-10(11)12(17)18/h2-6H,7H2,1H3,(H,17,18)(H2,15,16,19). The number of aromatic carboxylic acids is 1. The molecule has 20 heavy (non-hydrogen) atoms. The van der Waals surface area contributed by atoms with Gasteiger partial charge in [0.05, 0.1) is 22.8 Å². The predicted molar refractivity (Wildman–Crippen MR) is 76.1 cm³/mol. The molecular weight excluding hydrogens is 278 g/mol. The van der Waals surface area contributed by atoms with Crippen LogP contribution < -0.4 is 10.6 Å². The minimum Gasteiger partial charge on any atom is -0.478 e. The Morgan fingerprint density at radius 2 is 2.10 bits per heavy atom. The molecule has 0 bridgehead atoms. The number of aryl methyl sites for hydroxylation is 1. The maximum Gasteiger partial charge on any atom is 0.337 e. The number of nitrogens with one attached hydrogen (secondary N) is 2. The van der Waals surface area contributed by atoms with Crippen molar-refractivity contribution >= 4 is 29.0 Å². The summed E-state index contributed by atoms with van der Waals surface area (Å²) in [7, 11) is 0. The van der Waals surface area contributed by atoms with E-state index < -0.39 is 12.0 Å². The van der Waals surface area contributed by atoms with E-state index in [1.807, 2.05) is 6.92 Å². The van der Waals surface area contributed by atoms with Crippen LogP contribution in [-0.2, 0) is 6.54 Å². The van der Waals surface area contributed by atoms with Crippen molar-refractivity contribution in [2.45, 2.75) is 13.5 Å². The molecule has 1 aromatic carbocycles. The van der Waals surface area contributed by atoms with Crippen LogP contribution >= 0.6 is 11.3 Å². The number of para-hydroxylation sites is 1. The summed E-state index contributed by atoms with van der Waals surface area (Å²) >= 11 is 1.50. The molecule has 2 amide bonds. The highest BCUT2D eigenvalue weighted by Crippen LogP contribution is 2.15. The number of hydrogen-bond acceptors (Lipinski definition) is 4. The van der Waals surface area contributed by atoms with Gasteiger partial charge in [0, 0.05) is 11.1 Å². The van der Waals surface area contributed by atoms with Gasteiger partial charge in [-0.2, -0.15) is 0 Å². The molecule has 2 aromatic rings. The number of aromatic nitrogens is 1. The van der Waals surface area contributed by atoms with E-state index in [0.717, 1.165) is 9.88 Å². The van der Waals surface area contributed by atoms with Gasteiger partial charge in [0.2, 0.25) is 0 Å². The highest BCUT2D eigenvalue weighted by Gasteiger charge is 2.11. The Balaban J connectivity index is 1.96. The summed E-state index contributed by atoms with van der Waals surface area (Å²) in [5.74, 6) is -1.08. The van der Waals surface area contributed by atoms with Crippen molar-refractivity contribution in [1.82, 2.24) is 10.3 Å². The lowest BCUT2D eigenvalue weighted by atomic mass is 10.2. The average molecular weight is 291 g/mol. The second kappa shape index (κ2) is 6.16. The fourth-order valence-corrected chi connectivity index (χ4v) is 2.33. The largest absolute Gasteiger partial charge is 0.478 e. The van der Waals surface area contributed by atoms with Crippen LogP contribution in [0.1, 0.15) is 20.2 Å². The number of anilines is 1. The molecular formula is C13H13N3O3S. The van der Waals surface area contributed by atoms with Crippen molar-refractivity contribution in [3.8, 4) is 0 Å². The highest BCUT2D eigenvalue weighted by atomic mass is 32.1.